The maximum absolute atomic E-state index is 12.4. The average molecular weight is 366 g/mol. The molecule has 26 heavy (non-hydrogen) atoms. The van der Waals surface area contributed by atoms with E-state index in [-0.39, 0.29) is 5.91 Å². The highest BCUT2D eigenvalue weighted by Crippen LogP contribution is 2.20. The van der Waals surface area contributed by atoms with Crippen molar-refractivity contribution in [1.82, 2.24) is 9.88 Å². The third kappa shape index (κ3) is 4.55. The number of amides is 1. The van der Waals surface area contributed by atoms with Gasteiger partial charge < -0.3 is 9.80 Å². The highest BCUT2D eigenvalue weighted by atomic mass is 32.2. The summed E-state index contributed by atoms with van der Waals surface area (Å²) in [6.45, 7) is 0.609. The summed E-state index contributed by atoms with van der Waals surface area (Å²) in [7, 11) is 5.88. The molecule has 1 heterocycles. The largest absolute Gasteiger partial charge is 0.378 e. The molecule has 0 aliphatic heterocycles. The molecule has 1 aromatic heterocycles. The number of fused-ring (bicyclic) bond motifs is 1. The van der Waals surface area contributed by atoms with E-state index in [9.17, 15) is 4.79 Å². The number of carbonyl (C=O) groups excluding carboxylic acids is 1. The van der Waals surface area contributed by atoms with Crippen LogP contribution in [0, 0.1) is 0 Å². The number of carbonyl (C=O) groups is 1. The molecular weight excluding hydrogens is 342 g/mol. The number of pyridine rings is 1. The molecule has 0 N–H and O–H groups in total. The second-order valence-electron chi connectivity index (χ2n) is 6.44. The Morgan fingerprint density at radius 2 is 1.69 bits per heavy atom. The molecule has 1 amide bonds. The molecular formula is C21H23N3OS. The summed E-state index contributed by atoms with van der Waals surface area (Å²) in [5, 5.41) is 1.99. The van der Waals surface area contributed by atoms with Crippen molar-refractivity contribution in [3.05, 3.63) is 66.2 Å². The van der Waals surface area contributed by atoms with E-state index in [1.165, 1.54) is 11.8 Å². The zero-order chi connectivity index (χ0) is 18.5. The lowest BCUT2D eigenvalue weighted by atomic mass is 10.2. The van der Waals surface area contributed by atoms with Crippen LogP contribution < -0.4 is 4.90 Å². The molecule has 3 rings (SSSR count). The molecule has 5 heteroatoms. The quantitative estimate of drug-likeness (QED) is 0.618. The summed E-state index contributed by atoms with van der Waals surface area (Å²) in [6.07, 6.45) is 0. The van der Waals surface area contributed by atoms with E-state index in [1.54, 1.807) is 4.90 Å². The second kappa shape index (κ2) is 8.23. The molecule has 0 atom stereocenters. The van der Waals surface area contributed by atoms with Gasteiger partial charge in [0.2, 0.25) is 5.91 Å². The Kier molecular flexibility index (Phi) is 5.78. The van der Waals surface area contributed by atoms with E-state index in [0.717, 1.165) is 27.2 Å². The maximum atomic E-state index is 12.4. The lowest BCUT2D eigenvalue weighted by Gasteiger charge is -2.18. The first-order chi connectivity index (χ1) is 12.5. The van der Waals surface area contributed by atoms with Crippen molar-refractivity contribution in [2.75, 3.05) is 31.8 Å². The number of rotatable bonds is 6. The maximum Gasteiger partial charge on any atom is 0.233 e. The predicted molar refractivity (Wildman–Crippen MR) is 110 cm³/mol. The molecule has 4 nitrogen and oxygen atoms in total. The van der Waals surface area contributed by atoms with Crippen LogP contribution in [-0.4, -0.2) is 42.7 Å². The van der Waals surface area contributed by atoms with Gasteiger partial charge in [0, 0.05) is 38.8 Å². The first kappa shape index (κ1) is 18.3. The summed E-state index contributed by atoms with van der Waals surface area (Å²) >= 11 is 1.48. The lowest BCUT2D eigenvalue weighted by Crippen LogP contribution is -2.27. The molecule has 0 spiro atoms. The normalized spacial score (nSPS) is 10.7. The number of para-hydroxylation sites is 1. The van der Waals surface area contributed by atoms with Crippen molar-refractivity contribution in [2.45, 2.75) is 11.6 Å². The highest BCUT2D eigenvalue weighted by Gasteiger charge is 2.11. The van der Waals surface area contributed by atoms with Gasteiger partial charge in [-0.3, -0.25) is 4.79 Å². The Morgan fingerprint density at radius 1 is 0.962 bits per heavy atom. The predicted octanol–water partition coefficient (Wildman–Crippen LogP) is 4.05. The Bertz CT molecular complexity index is 893. The van der Waals surface area contributed by atoms with Crippen LogP contribution >= 0.6 is 11.8 Å². The van der Waals surface area contributed by atoms with Crippen molar-refractivity contribution >= 4 is 34.3 Å². The molecule has 0 radical (unpaired) electrons. The standard InChI is InChI=1S/C21H23N3OS/c1-23(2)18-11-8-16(9-12-18)14-24(3)21(25)15-26-20-13-10-17-6-4-5-7-19(17)22-20/h4-13H,14-15H2,1-3H3. The molecule has 0 saturated heterocycles. The van der Waals surface area contributed by atoms with Gasteiger partial charge in [-0.1, -0.05) is 48.2 Å². The molecule has 0 aliphatic rings. The first-order valence-electron chi connectivity index (χ1n) is 8.52. The molecule has 0 unspecified atom stereocenters. The Balaban J connectivity index is 1.56. The molecule has 2 aromatic carbocycles. The molecule has 0 aliphatic carbocycles. The van der Waals surface area contributed by atoms with Crippen LogP contribution in [0.2, 0.25) is 0 Å². The number of hydrogen-bond donors (Lipinski definition) is 0. The fourth-order valence-corrected chi connectivity index (χ4v) is 3.45. The van der Waals surface area contributed by atoms with Gasteiger partial charge in [0.25, 0.3) is 0 Å². The van der Waals surface area contributed by atoms with Crippen LogP contribution in [0.25, 0.3) is 10.9 Å². The molecule has 134 valence electrons. The van der Waals surface area contributed by atoms with Gasteiger partial charge in [-0.2, -0.15) is 0 Å². The lowest BCUT2D eigenvalue weighted by molar-refractivity contribution is -0.127. The van der Waals surface area contributed by atoms with E-state index in [2.05, 4.69) is 34.1 Å². The van der Waals surface area contributed by atoms with Crippen molar-refractivity contribution in [3.63, 3.8) is 0 Å². The van der Waals surface area contributed by atoms with Crippen LogP contribution in [0.4, 0.5) is 5.69 Å². The smallest absolute Gasteiger partial charge is 0.233 e. The summed E-state index contributed by atoms with van der Waals surface area (Å²) in [5.41, 5.74) is 3.24. The molecule has 3 aromatic rings. The van der Waals surface area contributed by atoms with Crippen LogP contribution in [0.5, 0.6) is 0 Å². The van der Waals surface area contributed by atoms with E-state index in [1.807, 2.05) is 57.5 Å². The summed E-state index contributed by atoms with van der Waals surface area (Å²) in [4.78, 5) is 20.9. The number of nitrogens with zero attached hydrogens (tertiary/aromatic N) is 3. The third-order valence-electron chi connectivity index (χ3n) is 4.21. The Hall–Kier alpha value is -2.53. The van der Waals surface area contributed by atoms with E-state index >= 15 is 0 Å². The fourth-order valence-electron chi connectivity index (χ4n) is 2.64. The SMILES string of the molecule is CN(Cc1ccc(N(C)C)cc1)C(=O)CSc1ccc2ccccc2n1. The summed E-state index contributed by atoms with van der Waals surface area (Å²) in [6, 6.07) is 20.3. The fraction of sp³-hybridized carbons (Fsp3) is 0.238. The second-order valence-corrected chi connectivity index (χ2v) is 7.44. The van der Waals surface area contributed by atoms with Gasteiger partial charge in [-0.05, 0) is 29.8 Å². The van der Waals surface area contributed by atoms with Crippen molar-refractivity contribution < 1.29 is 4.79 Å². The van der Waals surface area contributed by atoms with Crippen LogP contribution in [0.1, 0.15) is 5.56 Å². The molecule has 0 bridgehead atoms. The van der Waals surface area contributed by atoms with E-state index in [0.29, 0.717) is 12.3 Å². The number of hydrogen-bond acceptors (Lipinski definition) is 4. The van der Waals surface area contributed by atoms with Gasteiger partial charge in [-0.25, -0.2) is 4.98 Å². The minimum absolute atomic E-state index is 0.0987. The minimum atomic E-state index is 0.0987. The van der Waals surface area contributed by atoms with Crippen molar-refractivity contribution in [3.8, 4) is 0 Å². The summed E-state index contributed by atoms with van der Waals surface area (Å²) < 4.78 is 0. The number of anilines is 1. The highest BCUT2D eigenvalue weighted by molar-refractivity contribution is 7.99. The van der Waals surface area contributed by atoms with Crippen molar-refractivity contribution in [2.24, 2.45) is 0 Å². The van der Waals surface area contributed by atoms with Gasteiger partial charge in [0.05, 0.1) is 16.3 Å². The zero-order valence-corrected chi connectivity index (χ0v) is 16.2. The summed E-state index contributed by atoms with van der Waals surface area (Å²) in [5.74, 6) is 0.485. The Labute approximate surface area is 158 Å². The third-order valence-corrected chi connectivity index (χ3v) is 5.13. The molecule has 0 fully saturated rings. The number of thioether (sulfide) groups is 1. The van der Waals surface area contributed by atoms with Crippen molar-refractivity contribution in [1.29, 1.82) is 0 Å². The van der Waals surface area contributed by atoms with E-state index < -0.39 is 0 Å². The number of aromatic nitrogens is 1. The van der Waals surface area contributed by atoms with Crippen LogP contribution in [-0.2, 0) is 11.3 Å². The zero-order valence-electron chi connectivity index (χ0n) is 15.3. The van der Waals surface area contributed by atoms with Crippen LogP contribution in [0.15, 0.2) is 65.7 Å². The van der Waals surface area contributed by atoms with Crippen LogP contribution in [0.3, 0.4) is 0 Å². The Morgan fingerprint density at radius 3 is 2.42 bits per heavy atom. The van der Waals surface area contributed by atoms with Gasteiger partial charge in [-0.15, -0.1) is 0 Å². The van der Waals surface area contributed by atoms with E-state index in [4.69, 9.17) is 0 Å². The van der Waals surface area contributed by atoms with Gasteiger partial charge in [0.15, 0.2) is 0 Å². The van der Waals surface area contributed by atoms with Gasteiger partial charge in [0.1, 0.15) is 0 Å². The molecule has 0 saturated carbocycles. The topological polar surface area (TPSA) is 36.4 Å². The first-order valence-corrected chi connectivity index (χ1v) is 9.50. The average Bonchev–Trinajstić information content (AvgIpc) is 2.66. The number of benzene rings is 2. The monoisotopic (exact) mass is 365 g/mol. The van der Waals surface area contributed by atoms with Gasteiger partial charge >= 0.3 is 0 Å². The minimum Gasteiger partial charge on any atom is -0.378 e.